The average Bonchev–Trinajstić information content (AvgIpc) is 2.06. The van der Waals surface area contributed by atoms with E-state index in [4.69, 9.17) is 0 Å². The molecule has 0 aromatic heterocycles. The van der Waals surface area contributed by atoms with Crippen LogP contribution in [0.3, 0.4) is 0 Å². The summed E-state index contributed by atoms with van der Waals surface area (Å²) in [7, 11) is 0. The van der Waals surface area contributed by atoms with Crippen LogP contribution >= 0.6 is 11.8 Å². The number of nitrogens with zero attached hydrogens (tertiary/aromatic N) is 1. The standard InChI is InChI=1S/C8H7NOS/c10-6-2-1-3-7-8(6)9-4-5-11-7/h1-3H,4-5H2. The molecule has 0 saturated heterocycles. The third kappa shape index (κ3) is 1.16. The summed E-state index contributed by atoms with van der Waals surface area (Å²) in [6.45, 7) is 0.775. The summed E-state index contributed by atoms with van der Waals surface area (Å²) < 4.78 is 0. The summed E-state index contributed by atoms with van der Waals surface area (Å²) in [5.74, 6) is 1.05. The minimum atomic E-state index is 0.0506. The van der Waals surface area contributed by atoms with Crippen molar-refractivity contribution in [2.45, 2.75) is 0 Å². The summed E-state index contributed by atoms with van der Waals surface area (Å²) in [6.07, 6.45) is 5.30. The van der Waals surface area contributed by atoms with Gasteiger partial charge in [0, 0.05) is 17.2 Å². The minimum Gasteiger partial charge on any atom is -0.288 e. The summed E-state index contributed by atoms with van der Waals surface area (Å²) in [6, 6.07) is 0. The van der Waals surface area contributed by atoms with Gasteiger partial charge in [-0.05, 0) is 12.2 Å². The van der Waals surface area contributed by atoms with Crippen molar-refractivity contribution in [3.63, 3.8) is 0 Å². The quantitative estimate of drug-likeness (QED) is 0.505. The van der Waals surface area contributed by atoms with E-state index in [0.717, 1.165) is 17.2 Å². The lowest BCUT2D eigenvalue weighted by Gasteiger charge is -2.14. The number of carbonyl (C=O) groups excluding carboxylic acids is 1. The van der Waals surface area contributed by atoms with E-state index in [1.165, 1.54) is 0 Å². The van der Waals surface area contributed by atoms with Crippen LogP contribution < -0.4 is 0 Å². The zero-order valence-corrected chi connectivity index (χ0v) is 6.73. The first kappa shape index (κ1) is 6.85. The van der Waals surface area contributed by atoms with Crippen LogP contribution in [0.2, 0.25) is 0 Å². The molecule has 0 radical (unpaired) electrons. The predicted octanol–water partition coefficient (Wildman–Crippen LogP) is 1.20. The van der Waals surface area contributed by atoms with Crippen molar-refractivity contribution in [2.24, 2.45) is 4.99 Å². The zero-order valence-electron chi connectivity index (χ0n) is 5.91. The number of hydrogen-bond donors (Lipinski definition) is 0. The van der Waals surface area contributed by atoms with Gasteiger partial charge in [-0.25, -0.2) is 0 Å². The Labute approximate surface area is 69.1 Å². The van der Waals surface area contributed by atoms with Gasteiger partial charge in [0.05, 0.1) is 0 Å². The Morgan fingerprint density at radius 2 is 2.45 bits per heavy atom. The van der Waals surface area contributed by atoms with Crippen molar-refractivity contribution < 1.29 is 4.79 Å². The smallest absolute Gasteiger partial charge is 0.204 e. The molecule has 0 N–H and O–H groups in total. The molecule has 0 spiro atoms. The second-order valence-corrected chi connectivity index (χ2v) is 3.47. The van der Waals surface area contributed by atoms with Crippen LogP contribution in [-0.2, 0) is 4.79 Å². The van der Waals surface area contributed by atoms with E-state index < -0.39 is 0 Å². The molecule has 1 aliphatic heterocycles. The molecule has 0 atom stereocenters. The highest BCUT2D eigenvalue weighted by Crippen LogP contribution is 2.24. The highest BCUT2D eigenvalue weighted by atomic mass is 32.2. The lowest BCUT2D eigenvalue weighted by Crippen LogP contribution is -2.19. The topological polar surface area (TPSA) is 29.4 Å². The van der Waals surface area contributed by atoms with Crippen LogP contribution in [0.5, 0.6) is 0 Å². The highest BCUT2D eigenvalue weighted by molar-refractivity contribution is 8.04. The average molecular weight is 165 g/mol. The molecule has 0 bridgehead atoms. The number of rotatable bonds is 0. The lowest BCUT2D eigenvalue weighted by molar-refractivity contribution is -0.108. The van der Waals surface area contributed by atoms with Gasteiger partial charge in [0.2, 0.25) is 5.78 Å². The van der Waals surface area contributed by atoms with E-state index in [1.807, 2.05) is 6.08 Å². The second-order valence-electron chi connectivity index (χ2n) is 2.33. The lowest BCUT2D eigenvalue weighted by atomic mass is 10.1. The number of allylic oxidation sites excluding steroid dienone is 4. The van der Waals surface area contributed by atoms with Crippen LogP contribution in [0.15, 0.2) is 28.1 Å². The summed E-state index contributed by atoms with van der Waals surface area (Å²) in [5, 5.41) is 0. The Morgan fingerprint density at radius 1 is 1.55 bits per heavy atom. The van der Waals surface area contributed by atoms with Crippen molar-refractivity contribution in [1.29, 1.82) is 0 Å². The molecule has 1 heterocycles. The molecular formula is C8H7NOS. The van der Waals surface area contributed by atoms with Gasteiger partial charge in [-0.3, -0.25) is 9.79 Å². The Kier molecular flexibility index (Phi) is 1.66. The van der Waals surface area contributed by atoms with Crippen LogP contribution in [0, 0.1) is 0 Å². The van der Waals surface area contributed by atoms with Crippen molar-refractivity contribution in [1.82, 2.24) is 0 Å². The normalized spacial score (nSPS) is 22.4. The third-order valence-corrected chi connectivity index (χ3v) is 2.61. The SMILES string of the molecule is O=C1C=CC=C2SCCN=C12. The fourth-order valence-corrected chi connectivity index (χ4v) is 1.97. The molecule has 0 saturated carbocycles. The fraction of sp³-hybridized carbons (Fsp3) is 0.250. The van der Waals surface area contributed by atoms with Gasteiger partial charge in [0.25, 0.3) is 0 Å². The Hall–Kier alpha value is -0.830. The molecule has 1 aliphatic carbocycles. The number of fused-ring (bicyclic) bond motifs is 1. The number of thioether (sulfide) groups is 1. The highest BCUT2D eigenvalue weighted by Gasteiger charge is 2.19. The second kappa shape index (κ2) is 2.66. The van der Waals surface area contributed by atoms with E-state index in [1.54, 1.807) is 23.9 Å². The van der Waals surface area contributed by atoms with Crippen LogP contribution in [-0.4, -0.2) is 23.8 Å². The van der Waals surface area contributed by atoms with E-state index in [0.29, 0.717) is 5.71 Å². The maximum absolute atomic E-state index is 11.2. The van der Waals surface area contributed by atoms with Crippen molar-refractivity contribution >= 4 is 23.3 Å². The zero-order chi connectivity index (χ0) is 7.68. The largest absolute Gasteiger partial charge is 0.288 e. The molecular weight excluding hydrogens is 158 g/mol. The Morgan fingerprint density at radius 3 is 3.27 bits per heavy atom. The molecule has 0 amide bonds. The van der Waals surface area contributed by atoms with Gasteiger partial charge in [-0.15, -0.1) is 11.8 Å². The molecule has 56 valence electrons. The van der Waals surface area contributed by atoms with Gasteiger partial charge in [0.15, 0.2) is 0 Å². The minimum absolute atomic E-state index is 0.0506. The Bertz CT molecular complexity index is 288. The van der Waals surface area contributed by atoms with Crippen LogP contribution in [0.4, 0.5) is 0 Å². The Balaban J connectivity index is 2.43. The number of carbonyl (C=O) groups is 1. The van der Waals surface area contributed by atoms with Crippen molar-refractivity contribution in [3.05, 3.63) is 23.1 Å². The first-order valence-electron chi connectivity index (χ1n) is 3.48. The molecule has 2 aliphatic rings. The van der Waals surface area contributed by atoms with E-state index in [2.05, 4.69) is 4.99 Å². The summed E-state index contributed by atoms with van der Waals surface area (Å²) in [4.78, 5) is 16.3. The molecule has 0 fully saturated rings. The van der Waals surface area contributed by atoms with Crippen LogP contribution in [0.25, 0.3) is 0 Å². The number of hydrogen-bond acceptors (Lipinski definition) is 3. The van der Waals surface area contributed by atoms with Gasteiger partial charge >= 0.3 is 0 Å². The van der Waals surface area contributed by atoms with Crippen LogP contribution in [0.1, 0.15) is 0 Å². The maximum Gasteiger partial charge on any atom is 0.204 e. The third-order valence-electron chi connectivity index (χ3n) is 1.58. The molecule has 0 unspecified atom stereocenters. The summed E-state index contributed by atoms with van der Waals surface area (Å²) in [5.41, 5.74) is 0.656. The first-order chi connectivity index (χ1) is 5.38. The van der Waals surface area contributed by atoms with Crippen molar-refractivity contribution in [2.75, 3.05) is 12.3 Å². The molecule has 2 nitrogen and oxygen atoms in total. The monoisotopic (exact) mass is 165 g/mol. The molecule has 0 aromatic carbocycles. The molecule has 0 aromatic rings. The molecule has 2 rings (SSSR count). The number of aliphatic imine (C=N–C) groups is 1. The summed E-state index contributed by atoms with van der Waals surface area (Å²) >= 11 is 1.71. The van der Waals surface area contributed by atoms with Gasteiger partial charge in [-0.2, -0.15) is 0 Å². The molecule has 11 heavy (non-hydrogen) atoms. The number of ketones is 1. The van der Waals surface area contributed by atoms with Gasteiger partial charge in [0.1, 0.15) is 5.71 Å². The van der Waals surface area contributed by atoms with E-state index in [-0.39, 0.29) is 5.78 Å². The molecule has 3 heteroatoms. The maximum atomic E-state index is 11.2. The van der Waals surface area contributed by atoms with E-state index in [9.17, 15) is 4.79 Å². The van der Waals surface area contributed by atoms with Gasteiger partial charge in [-0.1, -0.05) is 6.08 Å². The van der Waals surface area contributed by atoms with Crippen molar-refractivity contribution in [3.8, 4) is 0 Å². The predicted molar refractivity (Wildman–Crippen MR) is 47.0 cm³/mol. The first-order valence-corrected chi connectivity index (χ1v) is 4.47. The van der Waals surface area contributed by atoms with Gasteiger partial charge < -0.3 is 0 Å². The fourth-order valence-electron chi connectivity index (χ4n) is 1.09. The van der Waals surface area contributed by atoms with E-state index >= 15 is 0 Å².